The summed E-state index contributed by atoms with van der Waals surface area (Å²) in [5, 5.41) is 6.27. The second kappa shape index (κ2) is 6.84. The van der Waals surface area contributed by atoms with Gasteiger partial charge in [-0.3, -0.25) is 0 Å². The van der Waals surface area contributed by atoms with Gasteiger partial charge in [-0.25, -0.2) is 0 Å². The molecular formula is C21H24N2. The van der Waals surface area contributed by atoms with Crippen molar-refractivity contribution in [2.75, 3.05) is 19.0 Å². The summed E-state index contributed by atoms with van der Waals surface area (Å²) in [5.41, 5.74) is 3.89. The lowest BCUT2D eigenvalue weighted by atomic mass is 9.99. The van der Waals surface area contributed by atoms with Crippen molar-refractivity contribution in [3.8, 4) is 0 Å². The average Bonchev–Trinajstić information content (AvgIpc) is 2.59. The van der Waals surface area contributed by atoms with E-state index in [1.54, 1.807) is 0 Å². The van der Waals surface area contributed by atoms with Gasteiger partial charge in [0.1, 0.15) is 0 Å². The van der Waals surface area contributed by atoms with Crippen LogP contribution in [-0.4, -0.2) is 14.1 Å². The second-order valence-electron chi connectivity index (χ2n) is 6.23. The first kappa shape index (κ1) is 15.6. The third kappa shape index (κ3) is 3.54. The van der Waals surface area contributed by atoms with Crippen LogP contribution in [-0.2, 0) is 6.54 Å². The molecule has 0 bridgehead atoms. The fraction of sp³-hybridized carbons (Fsp3) is 0.238. The molecule has 0 aromatic heterocycles. The normalized spacial score (nSPS) is 12.3. The SMILES string of the molecule is CC(NCc1ccc(N(C)C)cc1)c1cccc2ccccc12. The van der Waals surface area contributed by atoms with Crippen molar-refractivity contribution in [3.63, 3.8) is 0 Å². The molecule has 0 aliphatic rings. The van der Waals surface area contributed by atoms with Crippen LogP contribution in [0.25, 0.3) is 10.8 Å². The lowest BCUT2D eigenvalue weighted by Crippen LogP contribution is -2.18. The Bertz CT molecular complexity index is 770. The Kier molecular flexibility index (Phi) is 4.63. The summed E-state index contributed by atoms with van der Waals surface area (Å²) in [5.74, 6) is 0. The molecule has 23 heavy (non-hydrogen) atoms. The Balaban J connectivity index is 1.72. The maximum Gasteiger partial charge on any atom is 0.0361 e. The van der Waals surface area contributed by atoms with E-state index in [2.05, 4.69) is 98.0 Å². The Hall–Kier alpha value is -2.32. The van der Waals surface area contributed by atoms with Gasteiger partial charge in [0.15, 0.2) is 0 Å². The number of nitrogens with zero attached hydrogens (tertiary/aromatic N) is 1. The zero-order valence-electron chi connectivity index (χ0n) is 14.1. The topological polar surface area (TPSA) is 15.3 Å². The monoisotopic (exact) mass is 304 g/mol. The van der Waals surface area contributed by atoms with E-state index in [0.29, 0.717) is 6.04 Å². The molecular weight excluding hydrogens is 280 g/mol. The minimum absolute atomic E-state index is 0.314. The molecule has 118 valence electrons. The summed E-state index contributed by atoms with van der Waals surface area (Å²) >= 11 is 0. The van der Waals surface area contributed by atoms with Gasteiger partial charge in [0.2, 0.25) is 0 Å². The highest BCUT2D eigenvalue weighted by Gasteiger charge is 2.08. The number of hydrogen-bond donors (Lipinski definition) is 1. The van der Waals surface area contributed by atoms with E-state index < -0.39 is 0 Å². The van der Waals surface area contributed by atoms with Gasteiger partial charge in [-0.2, -0.15) is 0 Å². The van der Waals surface area contributed by atoms with Crippen molar-refractivity contribution >= 4 is 16.5 Å². The first-order chi connectivity index (χ1) is 11.1. The quantitative estimate of drug-likeness (QED) is 0.731. The van der Waals surface area contributed by atoms with Crippen LogP contribution in [0.1, 0.15) is 24.1 Å². The molecule has 0 saturated heterocycles. The second-order valence-corrected chi connectivity index (χ2v) is 6.23. The molecule has 0 aliphatic carbocycles. The molecule has 0 amide bonds. The molecule has 0 heterocycles. The van der Waals surface area contributed by atoms with Gasteiger partial charge in [-0.05, 0) is 41.0 Å². The zero-order valence-corrected chi connectivity index (χ0v) is 14.1. The summed E-state index contributed by atoms with van der Waals surface area (Å²) in [7, 11) is 4.13. The smallest absolute Gasteiger partial charge is 0.0361 e. The summed E-state index contributed by atoms with van der Waals surface area (Å²) < 4.78 is 0. The summed E-state index contributed by atoms with van der Waals surface area (Å²) in [6, 6.07) is 24.1. The fourth-order valence-electron chi connectivity index (χ4n) is 2.92. The first-order valence-electron chi connectivity index (χ1n) is 8.12. The molecule has 1 unspecified atom stereocenters. The maximum absolute atomic E-state index is 3.64. The molecule has 0 radical (unpaired) electrons. The number of rotatable bonds is 5. The Labute approximate surface area is 138 Å². The molecule has 3 aromatic rings. The highest BCUT2D eigenvalue weighted by atomic mass is 15.1. The third-order valence-corrected chi connectivity index (χ3v) is 4.35. The van der Waals surface area contributed by atoms with Gasteiger partial charge in [0.05, 0.1) is 0 Å². The molecule has 3 rings (SSSR count). The molecule has 3 aromatic carbocycles. The van der Waals surface area contributed by atoms with E-state index in [0.717, 1.165) is 6.54 Å². The van der Waals surface area contributed by atoms with Crippen LogP contribution in [0.5, 0.6) is 0 Å². The Morgan fingerprint density at radius 1 is 0.870 bits per heavy atom. The van der Waals surface area contributed by atoms with Crippen molar-refractivity contribution in [3.05, 3.63) is 77.9 Å². The van der Waals surface area contributed by atoms with Gasteiger partial charge in [-0.15, -0.1) is 0 Å². The summed E-state index contributed by atoms with van der Waals surface area (Å²) in [4.78, 5) is 2.12. The molecule has 2 heteroatoms. The summed E-state index contributed by atoms with van der Waals surface area (Å²) in [6.45, 7) is 3.11. The van der Waals surface area contributed by atoms with E-state index in [1.807, 2.05) is 0 Å². The van der Waals surface area contributed by atoms with Crippen LogP contribution >= 0.6 is 0 Å². The van der Waals surface area contributed by atoms with E-state index in [-0.39, 0.29) is 0 Å². The van der Waals surface area contributed by atoms with Crippen molar-refractivity contribution in [2.24, 2.45) is 0 Å². The third-order valence-electron chi connectivity index (χ3n) is 4.35. The number of hydrogen-bond acceptors (Lipinski definition) is 2. The zero-order chi connectivity index (χ0) is 16.2. The molecule has 0 aliphatic heterocycles. The maximum atomic E-state index is 3.64. The molecule has 2 nitrogen and oxygen atoms in total. The number of fused-ring (bicyclic) bond motifs is 1. The van der Waals surface area contributed by atoms with E-state index >= 15 is 0 Å². The number of anilines is 1. The predicted molar refractivity (Wildman–Crippen MR) is 100.0 cm³/mol. The van der Waals surface area contributed by atoms with Crippen molar-refractivity contribution in [1.29, 1.82) is 0 Å². The van der Waals surface area contributed by atoms with E-state index in [9.17, 15) is 0 Å². The number of benzene rings is 3. The average molecular weight is 304 g/mol. The molecule has 0 fully saturated rings. The summed E-state index contributed by atoms with van der Waals surface area (Å²) in [6.07, 6.45) is 0. The van der Waals surface area contributed by atoms with Gasteiger partial charge in [0.25, 0.3) is 0 Å². The molecule has 1 N–H and O–H groups in total. The molecule has 0 spiro atoms. The van der Waals surface area contributed by atoms with Crippen molar-refractivity contribution in [1.82, 2.24) is 5.32 Å². The predicted octanol–water partition coefficient (Wildman–Crippen LogP) is 4.76. The van der Waals surface area contributed by atoms with Crippen molar-refractivity contribution in [2.45, 2.75) is 19.5 Å². The van der Waals surface area contributed by atoms with Gasteiger partial charge in [0, 0.05) is 32.4 Å². The van der Waals surface area contributed by atoms with Crippen LogP contribution in [0, 0.1) is 0 Å². The molecule has 1 atom stereocenters. The minimum Gasteiger partial charge on any atom is -0.378 e. The largest absolute Gasteiger partial charge is 0.378 e. The first-order valence-corrected chi connectivity index (χ1v) is 8.12. The van der Waals surface area contributed by atoms with Gasteiger partial charge >= 0.3 is 0 Å². The van der Waals surface area contributed by atoms with Crippen LogP contribution in [0.3, 0.4) is 0 Å². The van der Waals surface area contributed by atoms with Crippen LogP contribution in [0.2, 0.25) is 0 Å². The Morgan fingerprint density at radius 3 is 2.30 bits per heavy atom. The fourth-order valence-corrected chi connectivity index (χ4v) is 2.92. The lowest BCUT2D eigenvalue weighted by Gasteiger charge is -2.17. The van der Waals surface area contributed by atoms with Gasteiger partial charge < -0.3 is 10.2 Å². The highest BCUT2D eigenvalue weighted by molar-refractivity contribution is 5.86. The van der Waals surface area contributed by atoms with Crippen LogP contribution in [0.4, 0.5) is 5.69 Å². The lowest BCUT2D eigenvalue weighted by molar-refractivity contribution is 0.578. The highest BCUT2D eigenvalue weighted by Crippen LogP contribution is 2.24. The van der Waals surface area contributed by atoms with Crippen molar-refractivity contribution < 1.29 is 0 Å². The van der Waals surface area contributed by atoms with E-state index in [4.69, 9.17) is 0 Å². The standard InChI is InChI=1S/C21H24N2/c1-16(20-10-6-8-18-7-4-5-9-21(18)20)22-15-17-11-13-19(14-12-17)23(2)3/h4-14,16,22H,15H2,1-3H3. The Morgan fingerprint density at radius 2 is 1.57 bits per heavy atom. The molecule has 0 saturated carbocycles. The van der Waals surface area contributed by atoms with Crippen LogP contribution in [0.15, 0.2) is 66.7 Å². The van der Waals surface area contributed by atoms with Crippen LogP contribution < -0.4 is 10.2 Å². The minimum atomic E-state index is 0.314. The van der Waals surface area contributed by atoms with E-state index in [1.165, 1.54) is 27.6 Å². The van der Waals surface area contributed by atoms with Gasteiger partial charge in [-0.1, -0.05) is 54.6 Å². The number of nitrogens with one attached hydrogen (secondary N) is 1.